The third-order valence-corrected chi connectivity index (χ3v) is 5.49. The Hall–Kier alpha value is -1.89. The number of urea groups is 1. The molecular formula is C17H27N5O2. The molecule has 7 nitrogen and oxygen atoms in total. The second-order valence-corrected chi connectivity index (χ2v) is 7.29. The normalized spacial score (nSPS) is 27.8. The highest BCUT2D eigenvalue weighted by atomic mass is 16.2. The maximum Gasteiger partial charge on any atom is 0.320 e. The van der Waals surface area contributed by atoms with Crippen LogP contribution in [0.15, 0.2) is 17.2 Å². The van der Waals surface area contributed by atoms with Gasteiger partial charge in [0.25, 0.3) is 5.56 Å². The minimum absolute atomic E-state index is 0.187. The number of rotatable bonds is 3. The maximum atomic E-state index is 12.1. The lowest BCUT2D eigenvalue weighted by Crippen LogP contribution is -2.51. The largest absolute Gasteiger partial charge is 0.335 e. The van der Waals surface area contributed by atoms with Gasteiger partial charge in [-0.15, -0.1) is 0 Å². The topological polar surface area (TPSA) is 79.3 Å². The molecule has 3 rings (SSSR count). The van der Waals surface area contributed by atoms with E-state index in [0.717, 1.165) is 25.7 Å². The standard InChI is InChI=1S/C17H27N5O2/c1-17(22-9-3-4-10-22)7-5-13(6-8-17)19-16(24)20-14-11-15(23)21(2)12-18-14/h11-13H,3-10H2,1-2H3,(H2,19,20,24). The zero-order chi connectivity index (χ0) is 17.2. The summed E-state index contributed by atoms with van der Waals surface area (Å²) in [5.41, 5.74) is 0.0950. The van der Waals surface area contributed by atoms with Gasteiger partial charge in [0.05, 0.1) is 6.33 Å². The number of likely N-dealkylation sites (tertiary alicyclic amines) is 1. The number of aryl methyl sites for hydroxylation is 1. The van der Waals surface area contributed by atoms with Gasteiger partial charge in [0, 0.05) is 24.7 Å². The van der Waals surface area contributed by atoms with E-state index in [1.54, 1.807) is 7.05 Å². The average molecular weight is 333 g/mol. The van der Waals surface area contributed by atoms with Crippen LogP contribution in [0, 0.1) is 0 Å². The molecule has 1 aromatic heterocycles. The molecule has 0 unspecified atom stereocenters. The molecule has 1 aromatic rings. The summed E-state index contributed by atoms with van der Waals surface area (Å²) in [5.74, 6) is 0.285. The van der Waals surface area contributed by atoms with E-state index < -0.39 is 0 Å². The molecule has 2 fully saturated rings. The van der Waals surface area contributed by atoms with E-state index in [1.165, 1.54) is 42.9 Å². The van der Waals surface area contributed by atoms with Crippen molar-refractivity contribution in [3.63, 3.8) is 0 Å². The summed E-state index contributed by atoms with van der Waals surface area (Å²) in [6.45, 7) is 4.78. The fourth-order valence-electron chi connectivity index (χ4n) is 3.83. The molecule has 1 aliphatic heterocycles. The third-order valence-electron chi connectivity index (χ3n) is 5.49. The van der Waals surface area contributed by atoms with Crippen LogP contribution in [0.3, 0.4) is 0 Å². The smallest absolute Gasteiger partial charge is 0.320 e. The molecule has 2 N–H and O–H groups in total. The summed E-state index contributed by atoms with van der Waals surface area (Å²) in [4.78, 5) is 30.3. The van der Waals surface area contributed by atoms with Gasteiger partial charge in [-0.1, -0.05) is 0 Å². The van der Waals surface area contributed by atoms with E-state index >= 15 is 0 Å². The molecule has 24 heavy (non-hydrogen) atoms. The highest BCUT2D eigenvalue weighted by Crippen LogP contribution is 2.35. The number of hydrogen-bond donors (Lipinski definition) is 2. The molecule has 0 atom stereocenters. The molecule has 0 radical (unpaired) electrons. The summed E-state index contributed by atoms with van der Waals surface area (Å²) in [6, 6.07) is 1.22. The van der Waals surface area contributed by atoms with Gasteiger partial charge in [-0.25, -0.2) is 9.78 Å². The van der Waals surface area contributed by atoms with Gasteiger partial charge in [-0.05, 0) is 58.5 Å². The highest BCUT2D eigenvalue weighted by Gasteiger charge is 2.37. The Balaban J connectivity index is 1.49. The third kappa shape index (κ3) is 3.77. The van der Waals surface area contributed by atoms with Crippen molar-refractivity contribution in [3.8, 4) is 0 Å². The molecular weight excluding hydrogens is 306 g/mol. The van der Waals surface area contributed by atoms with Crippen LogP contribution in [0.1, 0.15) is 45.4 Å². The van der Waals surface area contributed by atoms with Gasteiger partial charge in [-0.2, -0.15) is 0 Å². The monoisotopic (exact) mass is 333 g/mol. The number of aromatic nitrogens is 2. The lowest BCUT2D eigenvalue weighted by atomic mass is 9.79. The van der Waals surface area contributed by atoms with Gasteiger partial charge in [-0.3, -0.25) is 15.0 Å². The van der Waals surface area contributed by atoms with Gasteiger partial charge in [0.2, 0.25) is 0 Å². The van der Waals surface area contributed by atoms with E-state index in [1.807, 2.05) is 0 Å². The van der Waals surface area contributed by atoms with Gasteiger partial charge in [0.1, 0.15) is 5.82 Å². The second-order valence-electron chi connectivity index (χ2n) is 7.29. The van der Waals surface area contributed by atoms with Crippen LogP contribution in [-0.4, -0.2) is 45.2 Å². The van der Waals surface area contributed by atoms with Crippen molar-refractivity contribution < 1.29 is 4.79 Å². The van der Waals surface area contributed by atoms with Crippen molar-refractivity contribution in [1.82, 2.24) is 19.8 Å². The second kappa shape index (κ2) is 6.93. The number of nitrogens with zero attached hydrogens (tertiary/aromatic N) is 3. The predicted molar refractivity (Wildman–Crippen MR) is 93.1 cm³/mol. The Morgan fingerprint density at radius 1 is 1.29 bits per heavy atom. The predicted octanol–water partition coefficient (Wildman–Crippen LogP) is 1.70. The van der Waals surface area contributed by atoms with Crippen molar-refractivity contribution >= 4 is 11.8 Å². The molecule has 2 aliphatic rings. The molecule has 1 saturated heterocycles. The van der Waals surface area contributed by atoms with E-state index in [2.05, 4.69) is 27.4 Å². The van der Waals surface area contributed by atoms with Crippen molar-refractivity contribution in [1.29, 1.82) is 0 Å². The minimum atomic E-state index is -0.287. The summed E-state index contributed by atoms with van der Waals surface area (Å²) < 4.78 is 1.36. The van der Waals surface area contributed by atoms with Crippen molar-refractivity contribution in [2.75, 3.05) is 18.4 Å². The average Bonchev–Trinajstić information content (AvgIpc) is 3.09. The van der Waals surface area contributed by atoms with Crippen LogP contribution >= 0.6 is 0 Å². The van der Waals surface area contributed by atoms with E-state index in [4.69, 9.17) is 0 Å². The summed E-state index contributed by atoms with van der Waals surface area (Å²) in [6.07, 6.45) is 8.23. The summed E-state index contributed by atoms with van der Waals surface area (Å²) in [5, 5.41) is 5.66. The number of carbonyl (C=O) groups excluding carboxylic acids is 1. The Bertz CT molecular complexity index is 643. The molecule has 1 aliphatic carbocycles. The van der Waals surface area contributed by atoms with Crippen LogP contribution in [0.25, 0.3) is 0 Å². The van der Waals surface area contributed by atoms with E-state index in [0.29, 0.717) is 5.54 Å². The molecule has 0 spiro atoms. The number of anilines is 1. The summed E-state index contributed by atoms with van der Waals surface area (Å²) in [7, 11) is 1.62. The molecule has 132 valence electrons. The Labute approximate surface area is 142 Å². The first-order valence-electron chi connectivity index (χ1n) is 8.81. The van der Waals surface area contributed by atoms with Crippen LogP contribution in [0.2, 0.25) is 0 Å². The fraction of sp³-hybridized carbons (Fsp3) is 0.706. The Morgan fingerprint density at radius 2 is 1.96 bits per heavy atom. The lowest BCUT2D eigenvalue weighted by Gasteiger charge is -2.44. The number of nitrogens with one attached hydrogen (secondary N) is 2. The molecule has 2 amide bonds. The zero-order valence-electron chi connectivity index (χ0n) is 14.5. The molecule has 0 bridgehead atoms. The number of hydrogen-bond acceptors (Lipinski definition) is 4. The number of carbonyl (C=O) groups is 1. The van der Waals surface area contributed by atoms with Crippen molar-refractivity contribution in [2.24, 2.45) is 7.05 Å². The van der Waals surface area contributed by atoms with Gasteiger partial charge in [0.15, 0.2) is 0 Å². The Morgan fingerprint density at radius 3 is 2.58 bits per heavy atom. The molecule has 0 aromatic carbocycles. The van der Waals surface area contributed by atoms with Crippen LogP contribution in [0.5, 0.6) is 0 Å². The van der Waals surface area contributed by atoms with Crippen LogP contribution in [0.4, 0.5) is 10.6 Å². The van der Waals surface area contributed by atoms with E-state index in [-0.39, 0.29) is 23.5 Å². The van der Waals surface area contributed by atoms with Crippen LogP contribution in [-0.2, 0) is 7.05 Å². The highest BCUT2D eigenvalue weighted by molar-refractivity contribution is 5.88. The summed E-state index contributed by atoms with van der Waals surface area (Å²) >= 11 is 0. The van der Waals surface area contributed by atoms with Crippen molar-refractivity contribution in [2.45, 2.75) is 57.0 Å². The van der Waals surface area contributed by atoms with Gasteiger partial charge >= 0.3 is 6.03 Å². The molecule has 7 heteroatoms. The molecule has 2 heterocycles. The first-order chi connectivity index (χ1) is 11.5. The van der Waals surface area contributed by atoms with E-state index in [9.17, 15) is 9.59 Å². The Kier molecular flexibility index (Phi) is 4.89. The maximum absolute atomic E-state index is 12.1. The quantitative estimate of drug-likeness (QED) is 0.882. The molecule has 1 saturated carbocycles. The first kappa shape index (κ1) is 17.0. The SMILES string of the molecule is Cn1cnc(NC(=O)NC2CCC(C)(N3CCCC3)CC2)cc1=O. The minimum Gasteiger partial charge on any atom is -0.335 e. The number of amides is 2. The zero-order valence-corrected chi connectivity index (χ0v) is 14.5. The first-order valence-corrected chi connectivity index (χ1v) is 8.81. The van der Waals surface area contributed by atoms with Gasteiger partial charge < -0.3 is 9.88 Å². The lowest BCUT2D eigenvalue weighted by molar-refractivity contribution is 0.0813. The van der Waals surface area contributed by atoms with Crippen molar-refractivity contribution in [3.05, 3.63) is 22.7 Å². The fourth-order valence-corrected chi connectivity index (χ4v) is 3.83. The van der Waals surface area contributed by atoms with Crippen LogP contribution < -0.4 is 16.2 Å².